The second kappa shape index (κ2) is 42.6. The molecule has 12 unspecified atom stereocenters. The van der Waals surface area contributed by atoms with Crippen molar-refractivity contribution in [1.82, 2.24) is 5.32 Å². The Morgan fingerprint density at radius 2 is 0.914 bits per heavy atom. The zero-order valence-corrected chi connectivity index (χ0v) is 43.8. The number of nitrogens with one attached hydrogen (secondary N) is 1. The van der Waals surface area contributed by atoms with Crippen molar-refractivity contribution in [2.24, 2.45) is 0 Å². The molecule has 2 aliphatic heterocycles. The van der Waals surface area contributed by atoms with Crippen LogP contribution in [0, 0.1) is 0 Å². The molecule has 1 amide bonds. The van der Waals surface area contributed by atoms with Gasteiger partial charge in [-0.1, -0.05) is 204 Å². The summed E-state index contributed by atoms with van der Waals surface area (Å²) in [6.45, 7) is 2.75. The fraction of sp³-hybridized carbons (Fsp3) is 0.875. The molecule has 14 heteroatoms. The Morgan fingerprint density at radius 3 is 1.40 bits per heavy atom. The number of hydrogen-bond donors (Lipinski definition) is 9. The second-order valence-electron chi connectivity index (χ2n) is 20.1. The molecule has 2 fully saturated rings. The first-order valence-electron chi connectivity index (χ1n) is 28.2. The zero-order chi connectivity index (χ0) is 51.0. The van der Waals surface area contributed by atoms with Crippen LogP contribution in [0.2, 0.25) is 0 Å². The lowest BCUT2D eigenvalue weighted by molar-refractivity contribution is -0.359. The fourth-order valence-electron chi connectivity index (χ4n) is 9.21. The molecule has 0 aromatic heterocycles. The van der Waals surface area contributed by atoms with E-state index in [4.69, 9.17) is 18.9 Å². The summed E-state index contributed by atoms with van der Waals surface area (Å²) in [7, 11) is 0. The van der Waals surface area contributed by atoms with Gasteiger partial charge in [0.25, 0.3) is 0 Å². The number of aliphatic hydroxyl groups is 8. The van der Waals surface area contributed by atoms with E-state index in [2.05, 4.69) is 43.5 Å². The summed E-state index contributed by atoms with van der Waals surface area (Å²) in [6, 6.07) is -0.933. The average molecular weight is 998 g/mol. The van der Waals surface area contributed by atoms with Gasteiger partial charge in [0.1, 0.15) is 48.8 Å². The van der Waals surface area contributed by atoms with Crippen LogP contribution in [0.5, 0.6) is 0 Å². The molecule has 0 aliphatic carbocycles. The summed E-state index contributed by atoms with van der Waals surface area (Å²) in [4.78, 5) is 13.1. The van der Waals surface area contributed by atoms with Crippen LogP contribution >= 0.6 is 0 Å². The Kier molecular flexibility index (Phi) is 39.1. The van der Waals surface area contributed by atoms with Crippen molar-refractivity contribution in [2.75, 3.05) is 19.8 Å². The number of unbranched alkanes of at least 4 members (excludes halogenated alkanes) is 27. The Hall–Kier alpha value is -1.79. The largest absolute Gasteiger partial charge is 0.394 e. The van der Waals surface area contributed by atoms with Crippen LogP contribution < -0.4 is 5.32 Å². The van der Waals surface area contributed by atoms with Crippen LogP contribution in [0.4, 0.5) is 0 Å². The van der Waals surface area contributed by atoms with Gasteiger partial charge in [0.2, 0.25) is 5.91 Å². The van der Waals surface area contributed by atoms with Gasteiger partial charge in [-0.05, 0) is 44.9 Å². The minimum Gasteiger partial charge on any atom is -0.394 e. The number of rotatable bonds is 44. The van der Waals surface area contributed by atoms with E-state index >= 15 is 0 Å². The molecule has 12 atom stereocenters. The minimum absolute atomic E-state index is 0.256. The molecule has 9 N–H and O–H groups in total. The minimum atomic E-state index is -1.79. The fourth-order valence-corrected chi connectivity index (χ4v) is 9.21. The van der Waals surface area contributed by atoms with E-state index in [1.807, 2.05) is 6.08 Å². The Balaban J connectivity index is 1.76. The van der Waals surface area contributed by atoms with Crippen LogP contribution in [0.3, 0.4) is 0 Å². The lowest BCUT2D eigenvalue weighted by atomic mass is 9.97. The third kappa shape index (κ3) is 28.6. The quantitative estimate of drug-likeness (QED) is 0.0206. The highest BCUT2D eigenvalue weighted by molar-refractivity contribution is 5.76. The van der Waals surface area contributed by atoms with Crippen LogP contribution in [-0.2, 0) is 23.7 Å². The maximum atomic E-state index is 13.1. The number of carbonyl (C=O) groups is 1. The highest BCUT2D eigenvalue weighted by Crippen LogP contribution is 2.30. The first kappa shape index (κ1) is 64.3. The van der Waals surface area contributed by atoms with Crippen LogP contribution in [0.25, 0.3) is 0 Å². The zero-order valence-electron chi connectivity index (χ0n) is 43.8. The average Bonchev–Trinajstić information content (AvgIpc) is 3.36. The van der Waals surface area contributed by atoms with Crippen LogP contribution in [0.15, 0.2) is 36.5 Å². The Bertz CT molecular complexity index is 1320. The predicted molar refractivity (Wildman–Crippen MR) is 277 cm³/mol. The van der Waals surface area contributed by atoms with Crippen LogP contribution in [0.1, 0.15) is 219 Å². The molecule has 0 bridgehead atoms. The first-order chi connectivity index (χ1) is 34.1. The summed E-state index contributed by atoms with van der Waals surface area (Å²) in [5, 5.41) is 86.8. The number of hydrogen-bond acceptors (Lipinski definition) is 13. The number of ether oxygens (including phenoxy) is 4. The highest BCUT2D eigenvalue weighted by Gasteiger charge is 2.51. The summed E-state index contributed by atoms with van der Waals surface area (Å²) in [6.07, 6.45) is 33.5. The standard InChI is InChI=1S/C56H103NO13/c1-3-5-7-9-11-13-15-16-17-18-19-20-21-22-23-24-25-26-27-28-29-30-31-33-35-37-39-45(60)44(57-48(61)40-38-36-34-32-14-12-10-8-6-4-2)43-67-55-53(66)51(64)54(47(42-59)69-55)70-56-52(65)50(63)49(62)46(41-58)68-56/h26-27,30-31,37,39,44-47,49-56,58-60,62-66H,3-25,28-29,32-36,38,40-43H2,1-2H3,(H,57,61)/b27-26+,31-30+,39-37+. The molecular formula is C56H103NO13. The maximum Gasteiger partial charge on any atom is 0.220 e. The van der Waals surface area contributed by atoms with Gasteiger partial charge in [-0.3, -0.25) is 4.79 Å². The van der Waals surface area contributed by atoms with Gasteiger partial charge < -0.3 is 65.1 Å². The highest BCUT2D eigenvalue weighted by atomic mass is 16.7. The smallest absolute Gasteiger partial charge is 0.220 e. The molecule has 0 radical (unpaired) electrons. The van der Waals surface area contributed by atoms with E-state index in [0.717, 1.165) is 44.9 Å². The van der Waals surface area contributed by atoms with Crippen molar-refractivity contribution in [3.8, 4) is 0 Å². The molecule has 0 aromatic rings. The lowest BCUT2D eigenvalue weighted by Crippen LogP contribution is -2.65. The van der Waals surface area contributed by atoms with Crippen molar-refractivity contribution in [2.45, 2.75) is 293 Å². The Labute approximate surface area is 423 Å². The van der Waals surface area contributed by atoms with E-state index in [1.165, 1.54) is 141 Å². The molecule has 2 aliphatic rings. The summed E-state index contributed by atoms with van der Waals surface area (Å²) in [5.74, 6) is -0.256. The topological polar surface area (TPSA) is 228 Å². The molecule has 0 aromatic carbocycles. The molecular weight excluding hydrogens is 895 g/mol. The molecule has 410 valence electrons. The van der Waals surface area contributed by atoms with Crippen molar-refractivity contribution < 1.29 is 64.6 Å². The normalized spacial score (nSPS) is 26.2. The van der Waals surface area contributed by atoms with Gasteiger partial charge in [0, 0.05) is 6.42 Å². The molecule has 2 saturated heterocycles. The lowest BCUT2D eigenvalue weighted by Gasteiger charge is -2.46. The molecule has 2 heterocycles. The summed E-state index contributed by atoms with van der Waals surface area (Å²) < 4.78 is 22.7. The van der Waals surface area contributed by atoms with Crippen molar-refractivity contribution >= 4 is 5.91 Å². The summed E-state index contributed by atoms with van der Waals surface area (Å²) in [5.41, 5.74) is 0. The van der Waals surface area contributed by atoms with Gasteiger partial charge in [0.15, 0.2) is 12.6 Å². The molecule has 14 nitrogen and oxygen atoms in total. The van der Waals surface area contributed by atoms with Gasteiger partial charge in [-0.25, -0.2) is 0 Å². The molecule has 0 saturated carbocycles. The second-order valence-corrected chi connectivity index (χ2v) is 20.1. The number of amides is 1. The van der Waals surface area contributed by atoms with Gasteiger partial charge >= 0.3 is 0 Å². The molecule has 70 heavy (non-hydrogen) atoms. The third-order valence-corrected chi connectivity index (χ3v) is 13.8. The van der Waals surface area contributed by atoms with Gasteiger partial charge in [-0.2, -0.15) is 0 Å². The van der Waals surface area contributed by atoms with E-state index in [1.54, 1.807) is 6.08 Å². The molecule has 0 spiro atoms. The number of allylic oxidation sites excluding steroid dienone is 5. The van der Waals surface area contributed by atoms with Crippen LogP contribution in [-0.4, -0.2) is 140 Å². The van der Waals surface area contributed by atoms with E-state index < -0.39 is 86.8 Å². The van der Waals surface area contributed by atoms with Gasteiger partial charge in [-0.15, -0.1) is 0 Å². The van der Waals surface area contributed by atoms with Crippen molar-refractivity contribution in [1.29, 1.82) is 0 Å². The number of carbonyl (C=O) groups excluding carboxylic acids is 1. The third-order valence-electron chi connectivity index (χ3n) is 13.8. The monoisotopic (exact) mass is 998 g/mol. The van der Waals surface area contributed by atoms with E-state index in [9.17, 15) is 45.6 Å². The maximum absolute atomic E-state index is 13.1. The predicted octanol–water partition coefficient (Wildman–Crippen LogP) is 8.66. The number of aliphatic hydroxyl groups excluding tert-OH is 8. The first-order valence-corrected chi connectivity index (χ1v) is 28.2. The van der Waals surface area contributed by atoms with E-state index in [0.29, 0.717) is 12.8 Å². The molecule has 2 rings (SSSR count). The van der Waals surface area contributed by atoms with Gasteiger partial charge in [0.05, 0.1) is 32.0 Å². The van der Waals surface area contributed by atoms with Crippen molar-refractivity contribution in [3.05, 3.63) is 36.5 Å². The van der Waals surface area contributed by atoms with Crippen molar-refractivity contribution in [3.63, 3.8) is 0 Å². The summed E-state index contributed by atoms with van der Waals surface area (Å²) >= 11 is 0. The Morgan fingerprint density at radius 1 is 0.500 bits per heavy atom. The van der Waals surface area contributed by atoms with E-state index in [-0.39, 0.29) is 18.9 Å². The SMILES string of the molecule is CCCCCCCCCCCCCCCCCC/C=C/CC/C=C/CC/C=C/C(O)C(COC1OC(CO)C(OC2OC(CO)C(O)C(O)C2O)C(O)C1O)NC(=O)CCCCCCCCCCCC.